The van der Waals surface area contributed by atoms with Crippen LogP contribution in [-0.4, -0.2) is 13.0 Å². The summed E-state index contributed by atoms with van der Waals surface area (Å²) in [5.74, 6) is 0.602. The predicted octanol–water partition coefficient (Wildman–Crippen LogP) is 4.90. The summed E-state index contributed by atoms with van der Waals surface area (Å²) in [7, 11) is 1.66. The molecule has 1 amide bonds. The summed E-state index contributed by atoms with van der Waals surface area (Å²) in [6.07, 6.45) is 0. The number of ether oxygens (including phenoxy) is 1. The number of fused-ring (bicyclic) bond motifs is 1. The van der Waals surface area contributed by atoms with Crippen LogP contribution in [0.5, 0.6) is 5.75 Å². The predicted molar refractivity (Wildman–Crippen MR) is 98.7 cm³/mol. The number of methoxy groups -OCH3 is 1. The second-order valence-electron chi connectivity index (χ2n) is 6.05. The van der Waals surface area contributed by atoms with E-state index in [4.69, 9.17) is 4.74 Å². The maximum absolute atomic E-state index is 12.5. The highest BCUT2D eigenvalue weighted by Gasteiger charge is 2.15. The van der Waals surface area contributed by atoms with Gasteiger partial charge in [-0.05, 0) is 54.4 Å². The molecular weight excluding hydrogens is 298 g/mol. The number of amides is 1. The number of anilines is 1. The Kier molecular flexibility index (Phi) is 4.52. The van der Waals surface area contributed by atoms with Crippen LogP contribution in [0.25, 0.3) is 10.8 Å². The lowest BCUT2D eigenvalue weighted by molar-refractivity contribution is -0.117. The van der Waals surface area contributed by atoms with E-state index >= 15 is 0 Å². The number of carbonyl (C=O) groups excluding carboxylic acids is 1. The SMILES string of the molecule is COc1ccc2cc([C@H](C)C(=O)Nc3ccc(C)cc3)ccc2c1. The van der Waals surface area contributed by atoms with Crippen LogP contribution in [0, 0.1) is 6.92 Å². The fraction of sp³-hybridized carbons (Fsp3) is 0.190. The van der Waals surface area contributed by atoms with Crippen molar-refractivity contribution in [2.45, 2.75) is 19.8 Å². The summed E-state index contributed by atoms with van der Waals surface area (Å²) < 4.78 is 5.25. The van der Waals surface area contributed by atoms with Gasteiger partial charge in [0.1, 0.15) is 5.75 Å². The normalized spacial score (nSPS) is 12.0. The van der Waals surface area contributed by atoms with Crippen molar-refractivity contribution >= 4 is 22.4 Å². The van der Waals surface area contributed by atoms with Crippen molar-refractivity contribution in [3.63, 3.8) is 0 Å². The molecule has 122 valence electrons. The molecule has 3 aromatic rings. The molecule has 0 unspecified atom stereocenters. The number of nitrogens with one attached hydrogen (secondary N) is 1. The van der Waals surface area contributed by atoms with Crippen LogP contribution in [0.4, 0.5) is 5.69 Å². The van der Waals surface area contributed by atoms with Gasteiger partial charge < -0.3 is 10.1 Å². The third-order valence-electron chi connectivity index (χ3n) is 4.28. The Morgan fingerprint density at radius 3 is 2.33 bits per heavy atom. The van der Waals surface area contributed by atoms with Gasteiger partial charge in [-0.1, -0.05) is 42.0 Å². The minimum Gasteiger partial charge on any atom is -0.497 e. The first-order chi connectivity index (χ1) is 11.6. The quantitative estimate of drug-likeness (QED) is 0.743. The molecule has 0 bridgehead atoms. The van der Waals surface area contributed by atoms with Crippen molar-refractivity contribution in [1.82, 2.24) is 0 Å². The van der Waals surface area contributed by atoms with Gasteiger partial charge in [-0.3, -0.25) is 4.79 Å². The summed E-state index contributed by atoms with van der Waals surface area (Å²) in [6, 6.07) is 19.9. The fourth-order valence-corrected chi connectivity index (χ4v) is 2.68. The highest BCUT2D eigenvalue weighted by atomic mass is 16.5. The van der Waals surface area contributed by atoms with E-state index in [1.54, 1.807) is 7.11 Å². The van der Waals surface area contributed by atoms with E-state index < -0.39 is 0 Å². The van der Waals surface area contributed by atoms with Gasteiger partial charge in [0, 0.05) is 5.69 Å². The molecule has 0 saturated heterocycles. The molecule has 3 nitrogen and oxygen atoms in total. The maximum Gasteiger partial charge on any atom is 0.231 e. The van der Waals surface area contributed by atoms with Crippen molar-refractivity contribution in [2.24, 2.45) is 0 Å². The molecule has 3 aromatic carbocycles. The van der Waals surface area contributed by atoms with E-state index in [-0.39, 0.29) is 11.8 Å². The Bertz CT molecular complexity index is 869. The maximum atomic E-state index is 12.5. The summed E-state index contributed by atoms with van der Waals surface area (Å²) in [5.41, 5.74) is 2.99. The zero-order valence-corrected chi connectivity index (χ0v) is 14.2. The number of carbonyl (C=O) groups is 1. The lowest BCUT2D eigenvalue weighted by atomic mass is 9.97. The first-order valence-corrected chi connectivity index (χ1v) is 8.02. The Morgan fingerprint density at radius 2 is 1.62 bits per heavy atom. The van der Waals surface area contributed by atoms with Crippen molar-refractivity contribution in [1.29, 1.82) is 0 Å². The van der Waals surface area contributed by atoms with Gasteiger partial charge in [-0.15, -0.1) is 0 Å². The first-order valence-electron chi connectivity index (χ1n) is 8.02. The molecule has 0 aliphatic rings. The second kappa shape index (κ2) is 6.75. The lowest BCUT2D eigenvalue weighted by Gasteiger charge is -2.14. The van der Waals surface area contributed by atoms with E-state index in [1.807, 2.05) is 68.4 Å². The Balaban J connectivity index is 1.80. The topological polar surface area (TPSA) is 38.3 Å². The molecule has 0 saturated carbocycles. The molecule has 3 rings (SSSR count). The van der Waals surface area contributed by atoms with Gasteiger partial charge in [0.05, 0.1) is 13.0 Å². The molecule has 3 heteroatoms. The van der Waals surface area contributed by atoms with E-state index in [2.05, 4.69) is 11.4 Å². The van der Waals surface area contributed by atoms with Crippen molar-refractivity contribution < 1.29 is 9.53 Å². The summed E-state index contributed by atoms with van der Waals surface area (Å²) in [4.78, 5) is 12.5. The third-order valence-corrected chi connectivity index (χ3v) is 4.28. The van der Waals surface area contributed by atoms with Crippen LogP contribution >= 0.6 is 0 Å². The standard InChI is InChI=1S/C21H21NO2/c1-14-4-9-19(10-5-14)22-21(23)15(2)16-6-7-18-13-20(24-3)11-8-17(18)12-16/h4-13,15H,1-3H3,(H,22,23)/t15-/m0/s1. The smallest absolute Gasteiger partial charge is 0.231 e. The van der Waals surface area contributed by atoms with Gasteiger partial charge >= 0.3 is 0 Å². The monoisotopic (exact) mass is 319 g/mol. The van der Waals surface area contributed by atoms with Gasteiger partial charge in [0.15, 0.2) is 0 Å². The van der Waals surface area contributed by atoms with Gasteiger partial charge in [-0.2, -0.15) is 0 Å². The van der Waals surface area contributed by atoms with Crippen LogP contribution in [-0.2, 0) is 4.79 Å². The van der Waals surface area contributed by atoms with Crippen LogP contribution in [0.15, 0.2) is 60.7 Å². The average molecular weight is 319 g/mol. The van der Waals surface area contributed by atoms with Crippen LogP contribution in [0.1, 0.15) is 24.0 Å². The molecule has 0 fully saturated rings. The number of rotatable bonds is 4. The second-order valence-corrected chi connectivity index (χ2v) is 6.05. The van der Waals surface area contributed by atoms with E-state index in [0.29, 0.717) is 0 Å². The van der Waals surface area contributed by atoms with E-state index in [0.717, 1.165) is 27.8 Å². The van der Waals surface area contributed by atoms with Crippen LogP contribution in [0.2, 0.25) is 0 Å². The molecule has 0 aromatic heterocycles. The molecule has 0 heterocycles. The largest absolute Gasteiger partial charge is 0.497 e. The summed E-state index contributed by atoms with van der Waals surface area (Å²) in [6.45, 7) is 3.95. The molecule has 0 radical (unpaired) electrons. The van der Waals surface area contributed by atoms with Gasteiger partial charge in [0.2, 0.25) is 5.91 Å². The number of benzene rings is 3. The van der Waals surface area contributed by atoms with Crippen molar-refractivity contribution in [3.8, 4) is 5.75 Å². The molecule has 0 spiro atoms. The van der Waals surface area contributed by atoms with Gasteiger partial charge in [0.25, 0.3) is 0 Å². The zero-order chi connectivity index (χ0) is 17.1. The Labute approximate surface area is 142 Å². The minimum absolute atomic E-state index is 0.00767. The molecule has 0 aliphatic carbocycles. The van der Waals surface area contributed by atoms with E-state index in [1.165, 1.54) is 5.56 Å². The summed E-state index contributed by atoms with van der Waals surface area (Å²) >= 11 is 0. The Hall–Kier alpha value is -2.81. The minimum atomic E-state index is -0.224. The Morgan fingerprint density at radius 1 is 0.958 bits per heavy atom. The molecule has 1 atom stereocenters. The molecule has 24 heavy (non-hydrogen) atoms. The number of aryl methyl sites for hydroxylation is 1. The first kappa shape index (κ1) is 16.1. The lowest BCUT2D eigenvalue weighted by Crippen LogP contribution is -2.18. The van der Waals surface area contributed by atoms with Crippen LogP contribution < -0.4 is 10.1 Å². The summed E-state index contributed by atoms with van der Waals surface area (Å²) in [5, 5.41) is 5.18. The van der Waals surface area contributed by atoms with Crippen LogP contribution in [0.3, 0.4) is 0 Å². The van der Waals surface area contributed by atoms with Gasteiger partial charge in [-0.25, -0.2) is 0 Å². The number of hydrogen-bond acceptors (Lipinski definition) is 2. The average Bonchev–Trinajstić information content (AvgIpc) is 2.62. The molecule has 1 N–H and O–H groups in total. The number of hydrogen-bond donors (Lipinski definition) is 1. The van der Waals surface area contributed by atoms with E-state index in [9.17, 15) is 4.79 Å². The highest BCUT2D eigenvalue weighted by Crippen LogP contribution is 2.26. The molecule has 0 aliphatic heterocycles. The highest BCUT2D eigenvalue weighted by molar-refractivity contribution is 5.96. The third kappa shape index (κ3) is 3.40. The zero-order valence-electron chi connectivity index (χ0n) is 14.2. The fourth-order valence-electron chi connectivity index (χ4n) is 2.68. The molecular formula is C21H21NO2. The van der Waals surface area contributed by atoms with Crippen molar-refractivity contribution in [3.05, 3.63) is 71.8 Å². The van der Waals surface area contributed by atoms with Crippen molar-refractivity contribution in [2.75, 3.05) is 12.4 Å².